The van der Waals surface area contributed by atoms with E-state index in [9.17, 15) is 52.7 Å². The molecular formula is C89H152N2O18. The van der Waals surface area contributed by atoms with E-state index < -0.39 is 54.4 Å². The van der Waals surface area contributed by atoms with Gasteiger partial charge in [-0.05, 0) is 139 Å². The van der Waals surface area contributed by atoms with Gasteiger partial charge >= 0.3 is 29.8 Å². The van der Waals surface area contributed by atoms with Crippen LogP contribution in [-0.2, 0) is 92.5 Å². The average Bonchev–Trinajstić information content (AvgIpc) is 1.64. The van der Waals surface area contributed by atoms with Gasteiger partial charge in [0.15, 0.2) is 12.2 Å². The van der Waals surface area contributed by atoms with Crippen LogP contribution in [0.15, 0.2) is 30.3 Å². The molecule has 2 N–H and O–H groups in total. The molecule has 2 saturated heterocycles. The number of fused-ring (bicyclic) bond motifs is 1. The summed E-state index contributed by atoms with van der Waals surface area (Å²) in [4.78, 5) is 136. The maximum absolute atomic E-state index is 13.3. The first-order chi connectivity index (χ1) is 52.2. The quantitative estimate of drug-likeness (QED) is 0.0348. The first-order valence-electron chi connectivity index (χ1n) is 43.0. The molecule has 1 aromatic carbocycles. The molecule has 0 spiro atoms. The fourth-order valence-corrected chi connectivity index (χ4v) is 13.6. The molecule has 2 aliphatic heterocycles. The molecule has 2 amide bonds. The number of benzene rings is 1. The van der Waals surface area contributed by atoms with E-state index in [-0.39, 0.29) is 103 Å². The van der Waals surface area contributed by atoms with Crippen molar-refractivity contribution >= 4 is 64.8 Å². The van der Waals surface area contributed by atoms with Crippen molar-refractivity contribution in [1.29, 1.82) is 0 Å². The summed E-state index contributed by atoms with van der Waals surface area (Å²) in [6.45, 7) is 29.3. The number of carbonyl (C=O) groups is 11. The average molecular weight is 1540 g/mol. The molecule has 2 heterocycles. The predicted octanol–water partition coefficient (Wildman–Crippen LogP) is 18.9. The Morgan fingerprint density at radius 3 is 1.25 bits per heavy atom. The number of amides is 2. The van der Waals surface area contributed by atoms with Gasteiger partial charge in [-0.2, -0.15) is 0 Å². The first kappa shape index (κ1) is 101. The number of ether oxygens (including phenoxy) is 7. The van der Waals surface area contributed by atoms with Crippen LogP contribution < -0.4 is 10.6 Å². The largest absolute Gasteiger partial charge is 0.465 e. The molecule has 7 unspecified atom stereocenters. The number of unbranched alkanes of at least 4 members (excludes halogenated alkanes) is 19. The second kappa shape index (κ2) is 63.6. The zero-order chi connectivity index (χ0) is 81.2. The molecule has 0 aromatic heterocycles. The monoisotopic (exact) mass is 1540 g/mol. The SMILES string of the molecule is CCC(=O)CCCCCC(CC)C(=O)OCc1ccccc1.CCCCCCCC(=O)NC(CC(C)C)C(=O)O[C@H]1COC2C1OC[C@H]2OC(=O)C(CC(=O)CCCCCCCCC(C)=O)CC(C)C.CCCCCCCCC(=O)NC(CC(C)C)C(=O)OCCCCCCOC(=O)C(CC(=O)CCC)CC(C)C. The predicted molar refractivity (Wildman–Crippen MR) is 430 cm³/mol. The summed E-state index contributed by atoms with van der Waals surface area (Å²) in [6, 6.07) is 8.40. The zero-order valence-corrected chi connectivity index (χ0v) is 70.6. The zero-order valence-electron chi connectivity index (χ0n) is 70.6. The Labute approximate surface area is 658 Å². The highest BCUT2D eigenvalue weighted by Crippen LogP contribution is 2.33. The number of esters is 5. The minimum atomic E-state index is -0.755. The van der Waals surface area contributed by atoms with E-state index in [1.165, 1.54) is 19.3 Å². The number of carbonyl (C=O) groups excluding carboxylic acids is 11. The van der Waals surface area contributed by atoms with Crippen molar-refractivity contribution < 1.29 is 85.9 Å². The summed E-state index contributed by atoms with van der Waals surface area (Å²) in [5.41, 5.74) is 1.02. The third-order valence-electron chi connectivity index (χ3n) is 19.8. The maximum Gasteiger partial charge on any atom is 0.329 e. The molecule has 2 aliphatic rings. The molecule has 20 nitrogen and oxygen atoms in total. The molecule has 1 aromatic rings. The fraction of sp³-hybridized carbons (Fsp3) is 0.809. The van der Waals surface area contributed by atoms with Crippen molar-refractivity contribution in [3.63, 3.8) is 0 Å². The minimum absolute atomic E-state index is 0.0226. The summed E-state index contributed by atoms with van der Waals surface area (Å²) in [7, 11) is 0. The van der Waals surface area contributed by atoms with Gasteiger partial charge in [0.25, 0.3) is 0 Å². The number of hydrogen-bond acceptors (Lipinski definition) is 18. The Balaban J connectivity index is 0.000000871. The number of nitrogens with one attached hydrogen (secondary N) is 2. The number of rotatable bonds is 62. The van der Waals surface area contributed by atoms with Gasteiger partial charge in [-0.1, -0.05) is 217 Å². The highest BCUT2D eigenvalue weighted by Gasteiger charge is 2.52. The van der Waals surface area contributed by atoms with Crippen LogP contribution in [0.1, 0.15) is 359 Å². The van der Waals surface area contributed by atoms with E-state index >= 15 is 0 Å². The van der Waals surface area contributed by atoms with Crippen LogP contribution in [0.25, 0.3) is 0 Å². The molecular weight excluding hydrogens is 1380 g/mol. The Hall–Kier alpha value is -5.89. The molecule has 0 saturated carbocycles. The normalized spacial score (nSPS) is 16.5. The van der Waals surface area contributed by atoms with Crippen LogP contribution in [0.2, 0.25) is 0 Å². The van der Waals surface area contributed by atoms with Gasteiger partial charge in [0.2, 0.25) is 11.8 Å². The Kier molecular flexibility index (Phi) is 59.0. The summed E-state index contributed by atoms with van der Waals surface area (Å²) in [5.74, 6) is -1.06. The van der Waals surface area contributed by atoms with Crippen molar-refractivity contribution in [3.8, 4) is 0 Å². The summed E-state index contributed by atoms with van der Waals surface area (Å²) < 4.78 is 39.9. The van der Waals surface area contributed by atoms with E-state index in [2.05, 4.69) is 24.5 Å². The van der Waals surface area contributed by atoms with Crippen molar-refractivity contribution in [2.45, 2.75) is 397 Å². The number of ketones is 4. The fourth-order valence-electron chi connectivity index (χ4n) is 13.6. The van der Waals surface area contributed by atoms with E-state index in [0.717, 1.165) is 160 Å². The van der Waals surface area contributed by atoms with Gasteiger partial charge in [0.1, 0.15) is 54.0 Å². The van der Waals surface area contributed by atoms with Crippen LogP contribution in [0.3, 0.4) is 0 Å². The summed E-state index contributed by atoms with van der Waals surface area (Å²) in [5, 5.41) is 5.76. The van der Waals surface area contributed by atoms with Gasteiger partial charge in [0.05, 0.1) is 44.2 Å². The van der Waals surface area contributed by atoms with Crippen molar-refractivity contribution in [3.05, 3.63) is 35.9 Å². The van der Waals surface area contributed by atoms with Gasteiger partial charge in [0, 0.05) is 57.8 Å². The van der Waals surface area contributed by atoms with Crippen LogP contribution in [0.4, 0.5) is 0 Å². The minimum Gasteiger partial charge on any atom is -0.465 e. The topological polar surface area (TPSA) is 276 Å². The molecule has 2 fully saturated rings. The van der Waals surface area contributed by atoms with Crippen LogP contribution in [-0.4, -0.2) is 128 Å². The molecule has 109 heavy (non-hydrogen) atoms. The Bertz CT molecular complexity index is 2660. The lowest BCUT2D eigenvalue weighted by atomic mass is 9.91. The van der Waals surface area contributed by atoms with Gasteiger partial charge in [-0.15, -0.1) is 0 Å². The van der Waals surface area contributed by atoms with Gasteiger partial charge < -0.3 is 48.6 Å². The van der Waals surface area contributed by atoms with Crippen LogP contribution >= 0.6 is 0 Å². The highest BCUT2D eigenvalue weighted by molar-refractivity contribution is 5.87. The number of hydrogen-bond donors (Lipinski definition) is 2. The molecule has 0 bridgehead atoms. The lowest BCUT2D eigenvalue weighted by Crippen LogP contribution is -2.45. The van der Waals surface area contributed by atoms with Crippen molar-refractivity contribution in [2.75, 3.05) is 26.4 Å². The summed E-state index contributed by atoms with van der Waals surface area (Å²) in [6.07, 6.45) is 30.2. The molecule has 0 radical (unpaired) electrons. The van der Waals surface area contributed by atoms with Crippen LogP contribution in [0, 0.1) is 41.4 Å². The molecule has 0 aliphatic carbocycles. The van der Waals surface area contributed by atoms with E-state index in [1.54, 1.807) is 6.92 Å². The second-order valence-corrected chi connectivity index (χ2v) is 32.4. The summed E-state index contributed by atoms with van der Waals surface area (Å²) >= 11 is 0. The van der Waals surface area contributed by atoms with Crippen LogP contribution in [0.5, 0.6) is 0 Å². The highest BCUT2D eigenvalue weighted by atomic mass is 16.7. The third-order valence-corrected chi connectivity index (χ3v) is 19.8. The van der Waals surface area contributed by atoms with E-state index in [1.807, 2.05) is 106 Å². The smallest absolute Gasteiger partial charge is 0.329 e. The Morgan fingerprint density at radius 2 is 0.789 bits per heavy atom. The molecule has 20 heteroatoms. The van der Waals surface area contributed by atoms with Gasteiger partial charge in [-0.25, -0.2) is 9.59 Å². The maximum atomic E-state index is 13.3. The molecule has 3 rings (SSSR count). The molecule has 9 atom stereocenters. The molecule has 626 valence electrons. The lowest BCUT2D eigenvalue weighted by molar-refractivity contribution is -0.161. The van der Waals surface area contributed by atoms with E-state index in [4.69, 9.17) is 33.2 Å². The standard InChI is InChI=1S/C38H65NO9.C32H59NO6.C19H28O3/c1-7-8-9-12-17-20-34(42)39-31(22-27(4)5)38(44)48-33-25-46-35-32(24-45-36(33)35)47-37(43)29(21-26(2)3)23-30(41)19-16-14-11-10-13-15-18-28(6)40;1-7-9-10-11-12-15-19-30(35)33-29(23-26(5)6)32(37)39-21-17-14-13-16-20-38-31(36)27(22-25(3)4)24-28(34)18-8-2;1-3-17(13-9-6-10-14-18(20)4-2)19(21)22-15-16-11-7-5-8-12-16/h26-27,29,31-33,35-36H,7-25H2,1-6H3,(H,39,42);25-27,29H,7-24H2,1-6H3,(H,33,35);5,7-8,11-12,17H,3-4,6,9-10,13-15H2,1-2H3/t29?,31?,32-,33+,35?,36?;;/m1../s1. The number of Topliss-reactive ketones (excluding diaryl/α,β-unsaturated/α-hetero) is 4. The van der Waals surface area contributed by atoms with Crippen molar-refractivity contribution in [1.82, 2.24) is 10.6 Å². The van der Waals surface area contributed by atoms with Gasteiger partial charge in [-0.3, -0.25) is 38.4 Å². The third kappa shape index (κ3) is 51.4. The second-order valence-electron chi connectivity index (χ2n) is 32.4. The Morgan fingerprint density at radius 1 is 0.394 bits per heavy atom. The van der Waals surface area contributed by atoms with Crippen molar-refractivity contribution in [2.24, 2.45) is 41.4 Å². The lowest BCUT2D eigenvalue weighted by Gasteiger charge is -2.23. The van der Waals surface area contributed by atoms with E-state index in [0.29, 0.717) is 102 Å². The first-order valence-corrected chi connectivity index (χ1v) is 43.0.